The molecule has 0 bridgehead atoms. The molecule has 0 aliphatic heterocycles. The number of sulfone groups is 1. The van der Waals surface area contributed by atoms with E-state index in [0.717, 1.165) is 17.4 Å². The quantitative estimate of drug-likeness (QED) is 0.367. The number of aromatic nitrogens is 4. The Bertz CT molecular complexity index is 1740. The van der Waals surface area contributed by atoms with E-state index >= 15 is 0 Å². The molecule has 178 valence electrons. The van der Waals surface area contributed by atoms with Gasteiger partial charge in [0.15, 0.2) is 21.5 Å². The van der Waals surface area contributed by atoms with Gasteiger partial charge in [0, 0.05) is 48.1 Å². The summed E-state index contributed by atoms with van der Waals surface area (Å²) in [5.74, 6) is 0.114. The summed E-state index contributed by atoms with van der Waals surface area (Å²) in [6, 6.07) is 19.4. The maximum Gasteiger partial charge on any atom is 0.183 e. The molecule has 0 atom stereocenters. The molecule has 3 aromatic heterocycles. The van der Waals surface area contributed by atoms with Gasteiger partial charge in [0.05, 0.1) is 16.5 Å². The molecule has 0 radical (unpaired) electrons. The summed E-state index contributed by atoms with van der Waals surface area (Å²) in [6.07, 6.45) is 5.61. The molecule has 3 heterocycles. The van der Waals surface area contributed by atoms with Crippen LogP contribution in [0.1, 0.15) is 11.1 Å². The Labute approximate surface area is 206 Å². The highest BCUT2D eigenvalue weighted by molar-refractivity contribution is 7.90. The molecular weight excluding hydrogens is 479 g/mol. The van der Waals surface area contributed by atoms with Gasteiger partial charge in [-0.2, -0.15) is 5.26 Å². The number of nitrogens with zero attached hydrogens (tertiary/aromatic N) is 5. The number of anilines is 1. The molecule has 0 fully saturated rings. The molecule has 0 saturated carbocycles. The third-order valence-corrected chi connectivity index (χ3v) is 6.75. The smallest absolute Gasteiger partial charge is 0.183 e. The minimum Gasteiger partial charge on any atom is -0.364 e. The zero-order chi connectivity index (χ0) is 25.3. The second-order valence-electron chi connectivity index (χ2n) is 8.09. The van der Waals surface area contributed by atoms with E-state index < -0.39 is 15.7 Å². The standard InChI is InChI=1S/C26H19FN6O2S/c1-36(34,35)20-12-19(14-29-15-20)25-31-26(30-16-22-18(13-28)8-5-9-23(22)27)24-21(10-11-33(24)32-25)17-6-3-2-4-7-17/h2-12,14-15H,16H2,1H3,(H,30,31,32). The number of nitrogens with one attached hydrogen (secondary N) is 1. The Morgan fingerprint density at radius 3 is 2.61 bits per heavy atom. The third kappa shape index (κ3) is 4.39. The molecule has 10 heteroatoms. The van der Waals surface area contributed by atoms with Gasteiger partial charge in [0.1, 0.15) is 11.3 Å². The number of rotatable bonds is 6. The van der Waals surface area contributed by atoms with Crippen molar-refractivity contribution in [3.05, 3.63) is 96.2 Å². The lowest BCUT2D eigenvalue weighted by Crippen LogP contribution is -2.09. The van der Waals surface area contributed by atoms with E-state index in [1.165, 1.54) is 30.6 Å². The minimum atomic E-state index is -3.49. The number of pyridine rings is 1. The normalized spacial score (nSPS) is 11.4. The van der Waals surface area contributed by atoms with Gasteiger partial charge >= 0.3 is 0 Å². The monoisotopic (exact) mass is 498 g/mol. The van der Waals surface area contributed by atoms with Crippen molar-refractivity contribution in [2.75, 3.05) is 11.6 Å². The van der Waals surface area contributed by atoms with Crippen LogP contribution in [0.5, 0.6) is 0 Å². The maximum atomic E-state index is 14.5. The average Bonchev–Trinajstić information content (AvgIpc) is 3.32. The van der Waals surface area contributed by atoms with Gasteiger partial charge in [-0.25, -0.2) is 22.3 Å². The van der Waals surface area contributed by atoms with E-state index in [-0.39, 0.29) is 28.4 Å². The highest BCUT2D eigenvalue weighted by Crippen LogP contribution is 2.31. The van der Waals surface area contributed by atoms with Crippen LogP contribution in [0, 0.1) is 17.1 Å². The van der Waals surface area contributed by atoms with Crippen LogP contribution in [0.25, 0.3) is 28.0 Å². The van der Waals surface area contributed by atoms with Crippen molar-refractivity contribution < 1.29 is 12.8 Å². The summed E-state index contributed by atoms with van der Waals surface area (Å²) in [5, 5.41) is 17.2. The molecule has 0 saturated heterocycles. The predicted octanol–water partition coefficient (Wildman–Crippen LogP) is 4.48. The second-order valence-corrected chi connectivity index (χ2v) is 10.1. The van der Waals surface area contributed by atoms with Gasteiger partial charge in [-0.1, -0.05) is 36.4 Å². The van der Waals surface area contributed by atoms with Gasteiger partial charge in [-0.3, -0.25) is 4.98 Å². The fraction of sp³-hybridized carbons (Fsp3) is 0.0769. The first-order chi connectivity index (χ1) is 17.3. The van der Waals surface area contributed by atoms with Crippen LogP contribution in [-0.2, 0) is 16.4 Å². The third-order valence-electron chi connectivity index (χ3n) is 5.67. The lowest BCUT2D eigenvalue weighted by Gasteiger charge is -2.13. The Kier molecular flexibility index (Phi) is 5.91. The van der Waals surface area contributed by atoms with Gasteiger partial charge < -0.3 is 5.32 Å². The minimum absolute atomic E-state index is 0.00270. The van der Waals surface area contributed by atoms with Crippen LogP contribution in [0.3, 0.4) is 0 Å². The zero-order valence-corrected chi connectivity index (χ0v) is 19.9. The number of benzene rings is 2. The second kappa shape index (κ2) is 9.20. The average molecular weight is 499 g/mol. The topological polar surface area (TPSA) is 113 Å². The van der Waals surface area contributed by atoms with Crippen molar-refractivity contribution >= 4 is 21.2 Å². The Balaban J connectivity index is 1.67. The molecule has 1 N–H and O–H groups in total. The highest BCUT2D eigenvalue weighted by Gasteiger charge is 2.18. The van der Waals surface area contributed by atoms with Crippen molar-refractivity contribution in [3.8, 4) is 28.6 Å². The van der Waals surface area contributed by atoms with Gasteiger partial charge in [-0.05, 0) is 29.8 Å². The lowest BCUT2D eigenvalue weighted by atomic mass is 10.1. The molecule has 0 unspecified atom stereocenters. The Morgan fingerprint density at radius 2 is 1.86 bits per heavy atom. The van der Waals surface area contributed by atoms with Crippen LogP contribution >= 0.6 is 0 Å². The molecule has 0 spiro atoms. The van der Waals surface area contributed by atoms with Gasteiger partial charge in [0.2, 0.25) is 0 Å². The van der Waals surface area contributed by atoms with Crippen molar-refractivity contribution in [2.45, 2.75) is 11.4 Å². The van der Waals surface area contributed by atoms with Crippen molar-refractivity contribution in [3.63, 3.8) is 0 Å². The molecule has 0 aliphatic rings. The zero-order valence-electron chi connectivity index (χ0n) is 19.1. The Morgan fingerprint density at radius 1 is 1.06 bits per heavy atom. The van der Waals surface area contributed by atoms with Gasteiger partial charge in [0.25, 0.3) is 0 Å². The molecular formula is C26H19FN6O2S. The largest absolute Gasteiger partial charge is 0.364 e. The van der Waals surface area contributed by atoms with Crippen LogP contribution < -0.4 is 5.32 Å². The fourth-order valence-electron chi connectivity index (χ4n) is 3.88. The van der Waals surface area contributed by atoms with Crippen LogP contribution in [-0.4, -0.2) is 34.3 Å². The number of halogens is 1. The van der Waals surface area contributed by atoms with E-state index in [1.807, 2.05) is 42.5 Å². The van der Waals surface area contributed by atoms with E-state index in [1.54, 1.807) is 16.8 Å². The van der Waals surface area contributed by atoms with Crippen LogP contribution in [0.2, 0.25) is 0 Å². The van der Waals surface area contributed by atoms with E-state index in [9.17, 15) is 18.1 Å². The summed E-state index contributed by atoms with van der Waals surface area (Å²) < 4.78 is 40.3. The summed E-state index contributed by atoms with van der Waals surface area (Å²) in [5.41, 5.74) is 3.27. The predicted molar refractivity (Wildman–Crippen MR) is 133 cm³/mol. The number of fused-ring (bicyclic) bond motifs is 1. The SMILES string of the molecule is CS(=O)(=O)c1cncc(-c2nc(NCc3c(F)cccc3C#N)c3c(-c4ccccc4)ccn3n2)c1. The first-order valence-electron chi connectivity index (χ1n) is 10.9. The molecule has 2 aromatic carbocycles. The molecule has 5 rings (SSSR count). The lowest BCUT2D eigenvalue weighted by molar-refractivity contribution is 0.601. The van der Waals surface area contributed by atoms with Gasteiger partial charge in [-0.15, -0.1) is 5.10 Å². The van der Waals surface area contributed by atoms with Crippen molar-refractivity contribution in [1.82, 2.24) is 19.6 Å². The van der Waals surface area contributed by atoms with Crippen molar-refractivity contribution in [1.29, 1.82) is 5.26 Å². The van der Waals surface area contributed by atoms with E-state index in [4.69, 9.17) is 0 Å². The Hall–Kier alpha value is -4.62. The van der Waals surface area contributed by atoms with E-state index in [0.29, 0.717) is 16.9 Å². The number of hydrogen-bond donors (Lipinski definition) is 1. The van der Waals surface area contributed by atoms with E-state index in [2.05, 4.69) is 20.4 Å². The summed E-state index contributed by atoms with van der Waals surface area (Å²) in [6.45, 7) is 0.00270. The number of nitriles is 1. The fourth-order valence-corrected chi connectivity index (χ4v) is 4.47. The van der Waals surface area contributed by atoms with Crippen molar-refractivity contribution in [2.24, 2.45) is 0 Å². The molecule has 0 amide bonds. The molecule has 5 aromatic rings. The molecule has 8 nitrogen and oxygen atoms in total. The summed E-state index contributed by atoms with van der Waals surface area (Å²) in [7, 11) is -3.49. The first kappa shape index (κ1) is 23.1. The van der Waals surface area contributed by atoms with Crippen LogP contribution in [0.15, 0.2) is 84.1 Å². The molecule has 0 aliphatic carbocycles. The highest BCUT2D eigenvalue weighted by atomic mass is 32.2. The summed E-state index contributed by atoms with van der Waals surface area (Å²) in [4.78, 5) is 8.76. The first-order valence-corrected chi connectivity index (χ1v) is 12.8. The maximum absolute atomic E-state index is 14.5. The van der Waals surface area contributed by atoms with Crippen LogP contribution in [0.4, 0.5) is 10.2 Å². The molecule has 36 heavy (non-hydrogen) atoms. The summed E-state index contributed by atoms with van der Waals surface area (Å²) >= 11 is 0. The number of hydrogen-bond acceptors (Lipinski definition) is 7.